The third kappa shape index (κ3) is 4.66. The van der Waals surface area contributed by atoms with Gasteiger partial charge in [0.15, 0.2) is 5.58 Å². The van der Waals surface area contributed by atoms with Gasteiger partial charge in [-0.3, -0.25) is 4.98 Å². The molecule has 1 unspecified atom stereocenters. The van der Waals surface area contributed by atoms with Crippen molar-refractivity contribution in [3.8, 4) is 0 Å². The van der Waals surface area contributed by atoms with Gasteiger partial charge in [-0.25, -0.2) is 9.59 Å². The average Bonchev–Trinajstić information content (AvgIpc) is 3.14. The van der Waals surface area contributed by atoms with Crippen LogP contribution in [0.5, 0.6) is 0 Å². The smallest absolute Gasteiger partial charge is 0.417 e. The zero-order valence-electron chi connectivity index (χ0n) is 17.2. The molecule has 0 radical (unpaired) electrons. The molecule has 0 spiro atoms. The Bertz CT molecular complexity index is 882. The number of aromatic nitrogens is 1. The molecule has 2 fully saturated rings. The lowest BCUT2D eigenvalue weighted by atomic mass is 9.89. The van der Waals surface area contributed by atoms with Gasteiger partial charge in [-0.05, 0) is 63.6 Å². The van der Waals surface area contributed by atoms with Gasteiger partial charge in [0.2, 0.25) is 0 Å². The average molecular weight is 402 g/mol. The number of aromatic amines is 1. The number of methoxy groups -OCH3 is 1. The third-order valence-electron chi connectivity index (χ3n) is 6.56. The third-order valence-corrected chi connectivity index (χ3v) is 6.56. The van der Waals surface area contributed by atoms with Crippen molar-refractivity contribution in [2.75, 3.05) is 39.8 Å². The Kier molecular flexibility index (Phi) is 6.23. The quantitative estimate of drug-likeness (QED) is 0.829. The minimum absolute atomic E-state index is 0.198. The Hall–Kier alpha value is -2.28. The van der Waals surface area contributed by atoms with E-state index in [0.29, 0.717) is 11.8 Å². The van der Waals surface area contributed by atoms with Crippen molar-refractivity contribution in [3.05, 3.63) is 34.3 Å². The summed E-state index contributed by atoms with van der Waals surface area (Å²) in [6.07, 6.45) is 6.68. The lowest BCUT2D eigenvalue weighted by Crippen LogP contribution is -2.38. The number of fused-ring (bicyclic) bond motifs is 1. The SMILES string of the molecule is COC(=O)N1CCC(CCCN2CCCC(c3cccc4[nH]c(=O)oc34)C2)CC1. The van der Waals surface area contributed by atoms with E-state index in [1.807, 2.05) is 17.0 Å². The second-order valence-corrected chi connectivity index (χ2v) is 8.42. The van der Waals surface area contributed by atoms with Crippen LogP contribution in [0.2, 0.25) is 0 Å². The van der Waals surface area contributed by atoms with Crippen molar-refractivity contribution in [2.45, 2.75) is 44.4 Å². The lowest BCUT2D eigenvalue weighted by molar-refractivity contribution is 0.104. The van der Waals surface area contributed by atoms with E-state index in [0.717, 1.165) is 68.6 Å². The van der Waals surface area contributed by atoms with E-state index < -0.39 is 0 Å². The largest absolute Gasteiger partial charge is 0.453 e. The van der Waals surface area contributed by atoms with Crippen LogP contribution >= 0.6 is 0 Å². The summed E-state index contributed by atoms with van der Waals surface area (Å²) >= 11 is 0. The molecule has 158 valence electrons. The molecule has 3 heterocycles. The number of benzene rings is 1. The predicted molar refractivity (Wildman–Crippen MR) is 111 cm³/mol. The Labute approximate surface area is 171 Å². The molecule has 1 aromatic carbocycles. The molecule has 2 aliphatic rings. The fraction of sp³-hybridized carbons (Fsp3) is 0.636. The van der Waals surface area contributed by atoms with Gasteiger partial charge < -0.3 is 19.0 Å². The summed E-state index contributed by atoms with van der Waals surface area (Å²) in [4.78, 5) is 30.3. The number of hydrogen-bond acceptors (Lipinski definition) is 5. The standard InChI is InChI=1S/C22H31N3O4/c1-28-22(27)25-13-9-16(10-14-25)5-3-11-24-12-4-6-17(15-24)18-7-2-8-19-20(18)29-21(26)23-19/h2,7-8,16-17H,3-6,9-15H2,1H3,(H,23,26). The van der Waals surface area contributed by atoms with E-state index in [1.54, 1.807) is 0 Å². The minimum Gasteiger partial charge on any atom is -0.453 e. The number of ether oxygens (including phenoxy) is 1. The molecule has 29 heavy (non-hydrogen) atoms. The molecule has 0 aliphatic carbocycles. The number of H-pyrrole nitrogens is 1. The van der Waals surface area contributed by atoms with Gasteiger partial charge in [-0.15, -0.1) is 0 Å². The predicted octanol–water partition coefficient (Wildman–Crippen LogP) is 3.56. The van der Waals surface area contributed by atoms with Crippen molar-refractivity contribution in [3.63, 3.8) is 0 Å². The van der Waals surface area contributed by atoms with Crippen LogP contribution in [0.15, 0.2) is 27.4 Å². The van der Waals surface area contributed by atoms with Crippen LogP contribution in [0.1, 0.15) is 50.0 Å². The van der Waals surface area contributed by atoms with Gasteiger partial charge in [0, 0.05) is 31.1 Å². The number of carbonyl (C=O) groups excluding carboxylic acids is 1. The van der Waals surface area contributed by atoms with Crippen LogP contribution in [0.4, 0.5) is 4.79 Å². The second kappa shape index (κ2) is 9.03. The van der Waals surface area contributed by atoms with Gasteiger partial charge in [0.05, 0.1) is 12.6 Å². The zero-order chi connectivity index (χ0) is 20.2. The summed E-state index contributed by atoms with van der Waals surface area (Å²) < 4.78 is 10.2. The van der Waals surface area contributed by atoms with E-state index in [-0.39, 0.29) is 11.8 Å². The molecule has 2 aliphatic heterocycles. The summed E-state index contributed by atoms with van der Waals surface area (Å²) in [5.41, 5.74) is 2.67. The molecule has 7 heteroatoms. The van der Waals surface area contributed by atoms with E-state index in [1.165, 1.54) is 26.4 Å². The van der Waals surface area contributed by atoms with Gasteiger partial charge >= 0.3 is 11.8 Å². The van der Waals surface area contributed by atoms with Gasteiger partial charge in [-0.2, -0.15) is 0 Å². The fourth-order valence-corrected chi connectivity index (χ4v) is 4.97. The molecule has 2 aromatic rings. The maximum Gasteiger partial charge on any atom is 0.417 e. The number of piperidine rings is 2. The number of para-hydroxylation sites is 1. The molecule has 0 saturated carbocycles. The molecule has 1 amide bonds. The second-order valence-electron chi connectivity index (χ2n) is 8.42. The molecule has 1 atom stereocenters. The number of oxazole rings is 1. The lowest BCUT2D eigenvalue weighted by Gasteiger charge is -2.34. The molecule has 1 N–H and O–H groups in total. The minimum atomic E-state index is -0.377. The Balaban J connectivity index is 1.26. The van der Waals surface area contributed by atoms with Crippen LogP contribution in [-0.4, -0.2) is 60.7 Å². The van der Waals surface area contributed by atoms with Crippen LogP contribution in [0.3, 0.4) is 0 Å². The zero-order valence-corrected chi connectivity index (χ0v) is 17.2. The van der Waals surface area contributed by atoms with Crippen molar-refractivity contribution in [2.24, 2.45) is 5.92 Å². The van der Waals surface area contributed by atoms with Crippen LogP contribution < -0.4 is 5.76 Å². The fourth-order valence-electron chi connectivity index (χ4n) is 4.97. The summed E-state index contributed by atoms with van der Waals surface area (Å²) in [5.74, 6) is 0.743. The van der Waals surface area contributed by atoms with Crippen molar-refractivity contribution < 1.29 is 13.9 Å². The first-order valence-electron chi connectivity index (χ1n) is 10.8. The topological polar surface area (TPSA) is 78.8 Å². The Morgan fingerprint density at radius 3 is 2.86 bits per heavy atom. The summed E-state index contributed by atoms with van der Waals surface area (Å²) in [7, 11) is 1.45. The Morgan fingerprint density at radius 2 is 2.07 bits per heavy atom. The number of nitrogens with zero attached hydrogens (tertiary/aromatic N) is 2. The van der Waals surface area contributed by atoms with Crippen LogP contribution in [-0.2, 0) is 4.74 Å². The molecule has 4 rings (SSSR count). The van der Waals surface area contributed by atoms with Crippen molar-refractivity contribution in [1.29, 1.82) is 0 Å². The normalized spacial score (nSPS) is 21.6. The monoisotopic (exact) mass is 401 g/mol. The summed E-state index contributed by atoms with van der Waals surface area (Å²) in [5, 5.41) is 0. The number of rotatable bonds is 5. The highest BCUT2D eigenvalue weighted by Gasteiger charge is 2.25. The Morgan fingerprint density at radius 1 is 1.24 bits per heavy atom. The van der Waals surface area contributed by atoms with E-state index in [4.69, 9.17) is 9.15 Å². The maximum atomic E-state index is 11.6. The molecule has 2 saturated heterocycles. The number of nitrogens with one attached hydrogen (secondary N) is 1. The number of likely N-dealkylation sites (tertiary alicyclic amines) is 2. The molecule has 7 nitrogen and oxygen atoms in total. The highest BCUT2D eigenvalue weighted by Crippen LogP contribution is 2.31. The summed E-state index contributed by atoms with van der Waals surface area (Å²) in [6.45, 7) is 4.91. The maximum absolute atomic E-state index is 11.6. The molecule has 1 aromatic heterocycles. The molecular formula is C22H31N3O4. The highest BCUT2D eigenvalue weighted by molar-refractivity contribution is 5.76. The van der Waals surface area contributed by atoms with Gasteiger partial charge in [-0.1, -0.05) is 12.1 Å². The number of hydrogen-bond donors (Lipinski definition) is 1. The van der Waals surface area contributed by atoms with E-state index in [2.05, 4.69) is 16.0 Å². The van der Waals surface area contributed by atoms with E-state index in [9.17, 15) is 9.59 Å². The molecule has 0 bridgehead atoms. The first-order valence-corrected chi connectivity index (χ1v) is 10.8. The first kappa shape index (κ1) is 20.0. The van der Waals surface area contributed by atoms with Gasteiger partial charge in [0.1, 0.15) is 0 Å². The summed E-state index contributed by atoms with van der Waals surface area (Å²) in [6, 6.07) is 6.00. The number of carbonyl (C=O) groups is 1. The van der Waals surface area contributed by atoms with Crippen LogP contribution in [0, 0.1) is 5.92 Å². The van der Waals surface area contributed by atoms with E-state index >= 15 is 0 Å². The number of amides is 1. The van der Waals surface area contributed by atoms with Crippen LogP contribution in [0.25, 0.3) is 11.1 Å². The molecular weight excluding hydrogens is 370 g/mol. The van der Waals surface area contributed by atoms with Crippen molar-refractivity contribution in [1.82, 2.24) is 14.8 Å². The first-order chi connectivity index (χ1) is 14.1. The van der Waals surface area contributed by atoms with Gasteiger partial charge in [0.25, 0.3) is 0 Å². The van der Waals surface area contributed by atoms with Crippen molar-refractivity contribution >= 4 is 17.2 Å². The highest BCUT2D eigenvalue weighted by atomic mass is 16.5.